The first-order chi connectivity index (χ1) is 28.2. The molecule has 4 aromatic carbocycles. The average Bonchev–Trinajstić information content (AvgIpc) is 3.96. The van der Waals surface area contributed by atoms with Crippen LogP contribution < -0.4 is 11.1 Å². The number of anilines is 1. The second-order valence-corrected chi connectivity index (χ2v) is 16.0. The van der Waals surface area contributed by atoms with Gasteiger partial charge in [-0.3, -0.25) is 9.55 Å². The number of pyridine rings is 1. The van der Waals surface area contributed by atoms with Crippen molar-refractivity contribution in [3.05, 3.63) is 196 Å². The van der Waals surface area contributed by atoms with Gasteiger partial charge in [-0.15, -0.1) is 0 Å². The van der Waals surface area contributed by atoms with Crippen LogP contribution in [-0.2, 0) is 11.8 Å². The Bertz CT molecular complexity index is 2980. The van der Waals surface area contributed by atoms with Crippen molar-refractivity contribution in [3.63, 3.8) is 0 Å². The van der Waals surface area contributed by atoms with Crippen LogP contribution in [0.2, 0.25) is 0 Å². The van der Waals surface area contributed by atoms with Crippen LogP contribution >= 0.6 is 0 Å². The summed E-state index contributed by atoms with van der Waals surface area (Å²) >= 11 is 0. The fraction of sp³-hybridized carbons (Fsp3) is 0.135. The Morgan fingerprint density at radius 2 is 1.60 bits per heavy atom. The van der Waals surface area contributed by atoms with Gasteiger partial charge in [0.1, 0.15) is 5.82 Å². The van der Waals surface area contributed by atoms with Crippen LogP contribution in [0.15, 0.2) is 146 Å². The Hall–Kier alpha value is -6.85. The van der Waals surface area contributed by atoms with Crippen molar-refractivity contribution in [3.8, 4) is 33.6 Å². The lowest BCUT2D eigenvalue weighted by Gasteiger charge is -2.35. The summed E-state index contributed by atoms with van der Waals surface area (Å²) in [4.78, 5) is 5.30. The van der Waals surface area contributed by atoms with Crippen molar-refractivity contribution in [2.75, 3.05) is 11.9 Å². The third kappa shape index (κ3) is 4.26. The van der Waals surface area contributed by atoms with Crippen molar-refractivity contribution >= 4 is 34.9 Å². The summed E-state index contributed by atoms with van der Waals surface area (Å²) in [7, 11) is 0. The van der Waals surface area contributed by atoms with Crippen LogP contribution in [0.3, 0.4) is 0 Å². The molecular weight excluding hydrogens is 695 g/mol. The number of hydrogen-bond donors (Lipinski definition) is 2. The Kier molecular flexibility index (Phi) is 6.86. The van der Waals surface area contributed by atoms with E-state index in [4.69, 9.17) is 10.7 Å². The zero-order valence-electron chi connectivity index (χ0n) is 31.8. The van der Waals surface area contributed by atoms with Crippen molar-refractivity contribution in [2.45, 2.75) is 31.1 Å². The van der Waals surface area contributed by atoms with Gasteiger partial charge in [-0.05, 0) is 102 Å². The smallest absolute Gasteiger partial charge is 0.119 e. The molecule has 0 fully saturated rings. The monoisotopic (exact) mass is 735 g/mol. The molecule has 57 heavy (non-hydrogen) atoms. The molecule has 0 saturated heterocycles. The highest BCUT2D eigenvalue weighted by molar-refractivity contribution is 6.05. The summed E-state index contributed by atoms with van der Waals surface area (Å²) in [6, 6.07) is 36.5. The molecule has 4 aliphatic carbocycles. The Labute approximate surface area is 332 Å². The van der Waals surface area contributed by atoms with Crippen LogP contribution in [0, 0.1) is 12.8 Å². The Morgan fingerprint density at radius 3 is 2.42 bits per heavy atom. The van der Waals surface area contributed by atoms with Crippen molar-refractivity contribution in [1.29, 1.82) is 0 Å². The summed E-state index contributed by atoms with van der Waals surface area (Å²) in [6.07, 6.45) is 26.1. The van der Waals surface area contributed by atoms with Gasteiger partial charge >= 0.3 is 0 Å². The number of fused-ring (bicyclic) bond motifs is 15. The molecule has 4 heterocycles. The minimum Gasteiger partial charge on any atom is -0.405 e. The predicted octanol–water partition coefficient (Wildman–Crippen LogP) is 11.3. The number of allylic oxidation sites excluding steroid dienone is 5. The van der Waals surface area contributed by atoms with E-state index >= 15 is 0 Å². The first-order valence-electron chi connectivity index (χ1n) is 20.2. The number of aromatic nitrogens is 3. The number of rotatable bonds is 4. The van der Waals surface area contributed by atoms with Gasteiger partial charge < -0.3 is 15.6 Å². The van der Waals surface area contributed by atoms with E-state index in [2.05, 4.69) is 167 Å². The summed E-state index contributed by atoms with van der Waals surface area (Å²) in [5, 5.41) is 4.93. The van der Waals surface area contributed by atoms with Crippen LogP contribution in [-0.4, -0.2) is 20.7 Å². The maximum Gasteiger partial charge on any atom is 0.119 e. The number of aryl methyl sites for hydroxylation is 1. The molecule has 1 aliphatic heterocycles. The van der Waals surface area contributed by atoms with Gasteiger partial charge in [-0.25, -0.2) is 0 Å². The number of benzene rings is 4. The molecule has 5 aliphatic rings. The zero-order valence-corrected chi connectivity index (χ0v) is 31.8. The first-order valence-corrected chi connectivity index (χ1v) is 20.2. The van der Waals surface area contributed by atoms with E-state index in [1.165, 1.54) is 78.0 Å². The molecule has 0 saturated carbocycles. The molecule has 3 unspecified atom stereocenters. The zero-order chi connectivity index (χ0) is 37.8. The van der Waals surface area contributed by atoms with E-state index in [1.807, 2.05) is 12.3 Å². The van der Waals surface area contributed by atoms with E-state index in [-0.39, 0.29) is 11.3 Å². The molecule has 7 aromatic rings. The molecule has 0 bridgehead atoms. The fourth-order valence-electron chi connectivity index (χ4n) is 11.1. The minimum atomic E-state index is -0.363. The maximum atomic E-state index is 5.86. The quantitative estimate of drug-likeness (QED) is 0.189. The van der Waals surface area contributed by atoms with Gasteiger partial charge in [0.25, 0.3) is 0 Å². The summed E-state index contributed by atoms with van der Waals surface area (Å²) in [5.74, 6) is 1.67. The summed E-state index contributed by atoms with van der Waals surface area (Å²) < 4.78 is 4.85. The normalized spacial score (nSPS) is 20.4. The van der Waals surface area contributed by atoms with Gasteiger partial charge in [0.05, 0.1) is 16.6 Å². The highest BCUT2D eigenvalue weighted by Crippen LogP contribution is 2.65. The third-order valence-electron chi connectivity index (χ3n) is 13.4. The van der Waals surface area contributed by atoms with Gasteiger partial charge in [0.2, 0.25) is 0 Å². The average molecular weight is 736 g/mol. The highest BCUT2D eigenvalue weighted by Gasteiger charge is 2.58. The lowest BCUT2D eigenvalue weighted by Crippen LogP contribution is -2.33. The molecule has 3 N–H and O–H groups in total. The molecule has 3 aromatic heterocycles. The van der Waals surface area contributed by atoms with Crippen LogP contribution in [0.5, 0.6) is 0 Å². The van der Waals surface area contributed by atoms with Gasteiger partial charge in [0.15, 0.2) is 0 Å². The molecule has 0 amide bonds. The van der Waals surface area contributed by atoms with Crippen LogP contribution in [0.1, 0.15) is 62.8 Å². The highest BCUT2D eigenvalue weighted by atomic mass is 15.1. The number of hydrogen-bond acceptors (Lipinski definition) is 3. The largest absolute Gasteiger partial charge is 0.405 e. The SMILES string of the molecule is Cc1c(/C=C\N)c2c(n1-c1ccc(-c3ccc(-n4c5c(c6ccc7c(c64)-c4cccnc4C74c6ccccc6C6C=CC=CC64)CCC=C5)cc3)cc1)NCC=C2. The second-order valence-electron chi connectivity index (χ2n) is 16.0. The van der Waals surface area contributed by atoms with Crippen molar-refractivity contribution in [2.24, 2.45) is 11.7 Å². The van der Waals surface area contributed by atoms with Gasteiger partial charge in [0, 0.05) is 75.0 Å². The van der Waals surface area contributed by atoms with E-state index < -0.39 is 0 Å². The predicted molar refractivity (Wildman–Crippen MR) is 235 cm³/mol. The molecular formula is C52H41N5. The van der Waals surface area contributed by atoms with E-state index in [0.717, 1.165) is 42.1 Å². The van der Waals surface area contributed by atoms with Crippen LogP contribution in [0.25, 0.3) is 62.8 Å². The molecule has 1 spiro atoms. The maximum absolute atomic E-state index is 5.86. The minimum absolute atomic E-state index is 0.251. The lowest BCUT2D eigenvalue weighted by molar-refractivity contribution is 0.456. The number of nitrogens with zero attached hydrogens (tertiary/aromatic N) is 3. The summed E-state index contributed by atoms with van der Waals surface area (Å²) in [5.41, 5.74) is 25.6. The Morgan fingerprint density at radius 1 is 0.807 bits per heavy atom. The third-order valence-corrected chi connectivity index (χ3v) is 13.4. The second kappa shape index (κ2) is 12.1. The van der Waals surface area contributed by atoms with Gasteiger partial charge in [-0.1, -0.05) is 109 Å². The molecule has 274 valence electrons. The topological polar surface area (TPSA) is 60.8 Å². The molecule has 3 atom stereocenters. The summed E-state index contributed by atoms with van der Waals surface area (Å²) in [6.45, 7) is 2.96. The van der Waals surface area contributed by atoms with E-state index in [9.17, 15) is 0 Å². The standard InChI is InChI=1S/C52H41N5/c1-32-37(28-29-53)42-13-8-31-55-51(42)56(32)35-22-18-33(19-23-35)34-20-24-36(25-21-34)57-47-17-7-4-12-40(47)41-26-27-46-48(49(41)57)43-14-9-30-54-50(43)52(46)44-15-5-2-10-38(44)39-11-3-6-16-45(39)52/h2-3,5-11,13-30,38,44,55H,4,12,31,53H2,1H3/b29-28-. The van der Waals surface area contributed by atoms with Gasteiger partial charge in [-0.2, -0.15) is 0 Å². The molecule has 5 heteroatoms. The fourth-order valence-corrected chi connectivity index (χ4v) is 11.1. The molecule has 0 radical (unpaired) electrons. The first kappa shape index (κ1) is 32.4. The number of nitrogens with one attached hydrogen (secondary N) is 1. The molecule has 12 rings (SSSR count). The molecule has 5 nitrogen and oxygen atoms in total. The van der Waals surface area contributed by atoms with E-state index in [1.54, 1.807) is 6.20 Å². The number of nitrogens with two attached hydrogens (primary N) is 1. The van der Waals surface area contributed by atoms with E-state index in [0.29, 0.717) is 5.92 Å². The Balaban J connectivity index is 1.01. The van der Waals surface area contributed by atoms with Crippen molar-refractivity contribution < 1.29 is 0 Å². The van der Waals surface area contributed by atoms with Crippen molar-refractivity contribution in [1.82, 2.24) is 14.1 Å². The van der Waals surface area contributed by atoms with Crippen LogP contribution in [0.4, 0.5) is 5.82 Å². The lowest BCUT2D eigenvalue weighted by atomic mass is 9.67.